The molecule has 1 aliphatic heterocycles. The summed E-state index contributed by atoms with van der Waals surface area (Å²) in [4.78, 5) is 120. The van der Waals surface area contributed by atoms with Crippen molar-refractivity contribution in [3.63, 3.8) is 0 Å². The summed E-state index contributed by atoms with van der Waals surface area (Å²) in [7, 11) is 0. The average molecular weight is 951 g/mol. The zero-order valence-electron chi connectivity index (χ0n) is 40.3. The van der Waals surface area contributed by atoms with Crippen molar-refractivity contribution in [2.45, 2.75) is 143 Å². The number of hydrogen-bond donors (Lipinski definition) is 8. The van der Waals surface area contributed by atoms with E-state index in [1.807, 2.05) is 81.4 Å². The van der Waals surface area contributed by atoms with Crippen molar-refractivity contribution in [2.24, 2.45) is 17.8 Å². The Morgan fingerprint density at radius 1 is 0.735 bits per heavy atom. The van der Waals surface area contributed by atoms with Crippen molar-refractivity contribution in [2.75, 3.05) is 13.1 Å². The molecule has 0 saturated carbocycles. The van der Waals surface area contributed by atoms with Gasteiger partial charge in [-0.25, -0.2) is 9.80 Å². The summed E-state index contributed by atoms with van der Waals surface area (Å²) >= 11 is 0. The van der Waals surface area contributed by atoms with E-state index in [9.17, 15) is 53.4 Å². The molecule has 8 amide bonds. The normalized spacial score (nSPS) is 17.1. The van der Waals surface area contributed by atoms with Crippen molar-refractivity contribution in [1.82, 2.24) is 41.9 Å². The standard InChI is InChI=1S/C48H70N8O12/c1-9-30(6)42(53-43(62)36(20-21-39(58)59)51-44(63)37(25-40(60)61)50-32(8)57)46(65)52-41(29(4)5)47(66)55-26-35(68-27-33-16-12-10-13-17-33)24-38(55)45(64)54-56(23-22-28(2)3)48(67)49-31(7)34-18-14-11-15-19-34/h10-19,28-31,35-38,41-42H,9,20-27H2,1-8H3,(H,49,67)(H,50,57)(H,51,63)(H,52,65)(H,53,62)(H,54,64)(H,58,59)(H,60,61)/t30-,31-,35+,36+,37-,38-,41-,42-/m0/s1. The first-order valence-corrected chi connectivity index (χ1v) is 23.1. The van der Waals surface area contributed by atoms with Crippen LogP contribution in [0.4, 0.5) is 4.79 Å². The maximum atomic E-state index is 14.8. The summed E-state index contributed by atoms with van der Waals surface area (Å²) in [6, 6.07) is 10.8. The van der Waals surface area contributed by atoms with Gasteiger partial charge in [-0.05, 0) is 48.6 Å². The predicted molar refractivity (Wildman–Crippen MR) is 250 cm³/mol. The maximum absolute atomic E-state index is 14.8. The summed E-state index contributed by atoms with van der Waals surface area (Å²) < 4.78 is 6.25. The molecule has 0 spiro atoms. The largest absolute Gasteiger partial charge is 0.481 e. The first-order chi connectivity index (χ1) is 32.1. The van der Waals surface area contributed by atoms with Gasteiger partial charge in [-0.2, -0.15) is 0 Å². The zero-order valence-corrected chi connectivity index (χ0v) is 40.3. The zero-order chi connectivity index (χ0) is 50.7. The van der Waals surface area contributed by atoms with E-state index in [1.54, 1.807) is 27.7 Å². The Labute approximate surface area is 398 Å². The molecule has 68 heavy (non-hydrogen) atoms. The van der Waals surface area contributed by atoms with E-state index in [1.165, 1.54) is 9.91 Å². The van der Waals surface area contributed by atoms with Crippen LogP contribution in [-0.2, 0) is 49.7 Å². The van der Waals surface area contributed by atoms with Gasteiger partial charge in [-0.1, -0.05) is 109 Å². The Morgan fingerprint density at radius 2 is 1.34 bits per heavy atom. The second kappa shape index (κ2) is 27.3. The van der Waals surface area contributed by atoms with Crippen molar-refractivity contribution >= 4 is 53.4 Å². The lowest BCUT2D eigenvalue weighted by molar-refractivity contribution is -0.144. The topological polar surface area (TPSA) is 282 Å². The maximum Gasteiger partial charge on any atom is 0.336 e. The number of carboxylic acids is 2. The summed E-state index contributed by atoms with van der Waals surface area (Å²) in [5.74, 6) is -8.52. The molecule has 0 aliphatic carbocycles. The van der Waals surface area contributed by atoms with Gasteiger partial charge in [0, 0.05) is 32.9 Å². The lowest BCUT2D eigenvalue weighted by atomic mass is 9.95. The van der Waals surface area contributed by atoms with Crippen LogP contribution in [0.25, 0.3) is 0 Å². The highest BCUT2D eigenvalue weighted by molar-refractivity contribution is 5.97. The number of amides is 8. The van der Waals surface area contributed by atoms with Gasteiger partial charge < -0.3 is 46.4 Å². The van der Waals surface area contributed by atoms with Gasteiger partial charge in [0.25, 0.3) is 5.91 Å². The molecular formula is C48H70N8O12. The quantitative estimate of drug-likeness (QED) is 0.0668. The minimum Gasteiger partial charge on any atom is -0.481 e. The average Bonchev–Trinajstić information content (AvgIpc) is 3.73. The SMILES string of the molecule is CC[C@H](C)[C@H](NC(=O)[C@@H](CCC(=O)O)NC(=O)[C@H](CC(=O)O)NC(C)=O)C(=O)N[C@H](C(=O)N1C[C@H](OCc2ccccc2)C[C@H]1C(=O)NN(CCC(C)C)C(=O)N[C@@H](C)c1ccccc1)C(C)C. The van der Waals surface area contributed by atoms with Gasteiger partial charge in [0.05, 0.1) is 25.2 Å². The molecule has 0 radical (unpaired) electrons. The highest BCUT2D eigenvalue weighted by Gasteiger charge is 2.45. The molecule has 1 saturated heterocycles. The molecule has 2 aromatic rings. The number of aliphatic carboxylic acids is 2. The van der Waals surface area contributed by atoms with Crippen molar-refractivity contribution in [3.05, 3.63) is 71.8 Å². The van der Waals surface area contributed by atoms with Crippen molar-refractivity contribution in [1.29, 1.82) is 0 Å². The second-order valence-corrected chi connectivity index (χ2v) is 18.0. The summed E-state index contributed by atoms with van der Waals surface area (Å²) in [6.07, 6.45) is -1.56. The minimum atomic E-state index is -1.60. The first-order valence-electron chi connectivity index (χ1n) is 23.1. The summed E-state index contributed by atoms with van der Waals surface area (Å²) in [6.45, 7) is 14.0. The van der Waals surface area contributed by atoms with Gasteiger partial charge in [-0.3, -0.25) is 43.8 Å². The number of urea groups is 1. The van der Waals surface area contributed by atoms with Crippen LogP contribution in [0.15, 0.2) is 60.7 Å². The number of hydrazine groups is 1. The van der Waals surface area contributed by atoms with E-state index in [0.29, 0.717) is 12.8 Å². The Morgan fingerprint density at radius 3 is 1.90 bits per heavy atom. The van der Waals surface area contributed by atoms with Crippen LogP contribution in [0.1, 0.15) is 111 Å². The summed E-state index contributed by atoms with van der Waals surface area (Å²) in [5, 5.41) is 32.8. The van der Waals surface area contributed by atoms with E-state index in [0.717, 1.165) is 18.1 Å². The smallest absolute Gasteiger partial charge is 0.336 e. The fraction of sp³-hybridized carbons (Fsp3) is 0.562. The minimum absolute atomic E-state index is 0.0378. The molecule has 1 aliphatic rings. The highest BCUT2D eigenvalue weighted by atomic mass is 16.5. The van der Waals surface area contributed by atoms with E-state index in [4.69, 9.17) is 4.74 Å². The number of carboxylic acid groups (broad SMARTS) is 2. The number of benzene rings is 2. The van der Waals surface area contributed by atoms with Crippen LogP contribution in [-0.4, -0.2) is 123 Å². The van der Waals surface area contributed by atoms with E-state index < -0.39 is 127 Å². The number of likely N-dealkylation sites (tertiary alicyclic amines) is 1. The monoisotopic (exact) mass is 951 g/mol. The molecule has 0 aromatic heterocycles. The molecule has 0 bridgehead atoms. The molecule has 1 fully saturated rings. The molecule has 20 heteroatoms. The van der Waals surface area contributed by atoms with E-state index >= 15 is 0 Å². The third-order valence-corrected chi connectivity index (χ3v) is 11.6. The predicted octanol–water partition coefficient (Wildman–Crippen LogP) is 3.02. The third kappa shape index (κ3) is 17.9. The number of nitrogens with zero attached hydrogens (tertiary/aromatic N) is 2. The molecule has 20 nitrogen and oxygen atoms in total. The van der Waals surface area contributed by atoms with E-state index in [2.05, 4.69) is 32.0 Å². The molecule has 8 N–H and O–H groups in total. The van der Waals surface area contributed by atoms with Crippen LogP contribution >= 0.6 is 0 Å². The fourth-order valence-corrected chi connectivity index (χ4v) is 7.42. The van der Waals surface area contributed by atoms with Crippen LogP contribution in [0.5, 0.6) is 0 Å². The number of hydrogen-bond acceptors (Lipinski definition) is 10. The Kier molecular flexibility index (Phi) is 22.4. The van der Waals surface area contributed by atoms with E-state index in [-0.39, 0.29) is 32.0 Å². The molecule has 2 aromatic carbocycles. The first kappa shape index (κ1) is 55.8. The Hall–Kier alpha value is -6.57. The van der Waals surface area contributed by atoms with Gasteiger partial charge >= 0.3 is 18.0 Å². The number of rotatable bonds is 25. The molecule has 374 valence electrons. The van der Waals surface area contributed by atoms with Crippen LogP contribution in [0, 0.1) is 17.8 Å². The lowest BCUT2D eigenvalue weighted by Gasteiger charge is -2.33. The van der Waals surface area contributed by atoms with Gasteiger partial charge in [0.2, 0.25) is 29.5 Å². The van der Waals surface area contributed by atoms with Crippen LogP contribution in [0.3, 0.4) is 0 Å². The molecule has 8 atom stereocenters. The van der Waals surface area contributed by atoms with Gasteiger partial charge in [-0.15, -0.1) is 0 Å². The summed E-state index contributed by atoms with van der Waals surface area (Å²) in [5.41, 5.74) is 4.49. The Balaban J connectivity index is 1.92. The van der Waals surface area contributed by atoms with Crippen molar-refractivity contribution < 1.29 is 58.1 Å². The third-order valence-electron chi connectivity index (χ3n) is 11.6. The van der Waals surface area contributed by atoms with Crippen molar-refractivity contribution in [3.8, 4) is 0 Å². The number of carbonyl (C=O) groups excluding carboxylic acids is 7. The van der Waals surface area contributed by atoms with Gasteiger partial charge in [0.15, 0.2) is 0 Å². The number of ether oxygens (including phenoxy) is 1. The molecule has 0 unspecified atom stereocenters. The Bertz CT molecular complexity index is 2020. The van der Waals surface area contributed by atoms with Crippen LogP contribution in [0.2, 0.25) is 0 Å². The second-order valence-electron chi connectivity index (χ2n) is 18.0. The van der Waals surface area contributed by atoms with Gasteiger partial charge in [0.1, 0.15) is 30.2 Å². The molecule has 1 heterocycles. The van der Waals surface area contributed by atoms with Crippen LogP contribution < -0.4 is 32.0 Å². The number of nitrogens with one attached hydrogen (secondary N) is 6. The fourth-order valence-electron chi connectivity index (χ4n) is 7.42. The lowest BCUT2D eigenvalue weighted by Crippen LogP contribution is -2.62. The molecular weight excluding hydrogens is 881 g/mol. The highest BCUT2D eigenvalue weighted by Crippen LogP contribution is 2.25. The molecule has 3 rings (SSSR count). The number of carbonyl (C=O) groups is 9.